The van der Waals surface area contributed by atoms with Crippen LogP contribution in [-0.2, 0) is 19.4 Å². The van der Waals surface area contributed by atoms with Gasteiger partial charge in [0.1, 0.15) is 63.5 Å². The molecule has 3 saturated heterocycles. The number of carbonyl (C=O) groups is 4. The molecule has 4 aromatic heterocycles. The van der Waals surface area contributed by atoms with Crippen molar-refractivity contribution >= 4 is 73.0 Å². The predicted octanol–water partition coefficient (Wildman–Crippen LogP) is 5.41. The van der Waals surface area contributed by atoms with Crippen molar-refractivity contribution in [1.82, 2.24) is 60.5 Å². The van der Waals surface area contributed by atoms with E-state index in [2.05, 4.69) is 60.9 Å². The van der Waals surface area contributed by atoms with Crippen LogP contribution in [0.2, 0.25) is 0 Å². The average Bonchev–Trinajstić information content (AvgIpc) is 4.24. The van der Waals surface area contributed by atoms with Crippen LogP contribution in [0.1, 0.15) is 102 Å². The van der Waals surface area contributed by atoms with Crippen molar-refractivity contribution in [2.75, 3.05) is 76.2 Å². The van der Waals surface area contributed by atoms with Gasteiger partial charge in [0.15, 0.2) is 15.7 Å². The fourth-order valence-corrected chi connectivity index (χ4v) is 12.0. The Morgan fingerprint density at radius 3 is 2.31 bits per heavy atom. The van der Waals surface area contributed by atoms with E-state index in [1.54, 1.807) is 68.3 Å². The fraction of sp³-hybridized carbons (Fsp3) is 0.472. The quantitative estimate of drug-likeness (QED) is 0.0833. The van der Waals surface area contributed by atoms with E-state index >= 15 is 0 Å². The Kier molecular flexibility index (Phi) is 16.3. The monoisotopic (exact) mass is 1090 g/mol. The normalized spacial score (nSPS) is 17.6. The third-order valence-electron chi connectivity index (χ3n) is 14.9. The van der Waals surface area contributed by atoms with Crippen molar-refractivity contribution in [2.45, 2.75) is 95.0 Å². The summed E-state index contributed by atoms with van der Waals surface area (Å²) in [5.41, 5.74) is 3.07. The van der Waals surface area contributed by atoms with E-state index in [4.69, 9.17) is 4.74 Å². The summed E-state index contributed by atoms with van der Waals surface area (Å²) in [5.74, 6) is -0.000734. The van der Waals surface area contributed by atoms with Crippen LogP contribution < -0.4 is 25.6 Å². The van der Waals surface area contributed by atoms with Gasteiger partial charge in [-0.25, -0.2) is 37.7 Å². The first-order valence-corrected chi connectivity index (χ1v) is 28.2. The van der Waals surface area contributed by atoms with E-state index in [1.165, 1.54) is 48.1 Å². The largest absolute Gasteiger partial charge is 0.491 e. The molecule has 24 heteroatoms. The van der Waals surface area contributed by atoms with Gasteiger partial charge in [0, 0.05) is 86.0 Å². The van der Waals surface area contributed by atoms with E-state index in [1.807, 2.05) is 13.8 Å². The highest BCUT2D eigenvalue weighted by Gasteiger charge is 2.42. The Balaban J connectivity index is 0.787. The number of aromatic nitrogens is 7. The summed E-state index contributed by atoms with van der Waals surface area (Å²) in [4.78, 5) is 85.5. The van der Waals surface area contributed by atoms with Crippen LogP contribution in [0.4, 0.5) is 21.8 Å². The zero-order valence-electron chi connectivity index (χ0n) is 44.3. The van der Waals surface area contributed by atoms with Crippen LogP contribution in [-0.4, -0.2) is 165 Å². The number of amides is 3. The van der Waals surface area contributed by atoms with Gasteiger partial charge >= 0.3 is 0 Å². The van der Waals surface area contributed by atoms with Gasteiger partial charge < -0.3 is 35.4 Å². The molecule has 3 aliphatic rings. The van der Waals surface area contributed by atoms with Crippen LogP contribution in [0, 0.1) is 25.6 Å². The zero-order chi connectivity index (χ0) is 54.8. The summed E-state index contributed by atoms with van der Waals surface area (Å²) in [6.45, 7) is 15.1. The highest BCUT2D eigenvalue weighted by atomic mass is 32.2. The van der Waals surface area contributed by atoms with Gasteiger partial charge in [-0.05, 0) is 111 Å². The third kappa shape index (κ3) is 11.8. The van der Waals surface area contributed by atoms with Crippen molar-refractivity contribution in [1.29, 1.82) is 0 Å². The number of piperazine rings is 1. The van der Waals surface area contributed by atoms with Gasteiger partial charge in [-0.3, -0.25) is 29.2 Å². The molecule has 0 bridgehead atoms. The number of H-pyrrole nitrogens is 1. The molecule has 3 aliphatic heterocycles. The number of sulfone groups is 1. The maximum Gasteiger partial charge on any atom is 0.274 e. The molecule has 0 spiro atoms. The minimum Gasteiger partial charge on any atom is -0.491 e. The molecule has 0 radical (unpaired) electrons. The first-order chi connectivity index (χ1) is 36.8. The molecule has 0 saturated carbocycles. The molecule has 3 atom stereocenters. The van der Waals surface area contributed by atoms with Crippen molar-refractivity contribution in [3.05, 3.63) is 99.5 Å². The van der Waals surface area contributed by atoms with Crippen LogP contribution in [0.5, 0.6) is 5.75 Å². The number of benzene rings is 2. The van der Waals surface area contributed by atoms with Crippen LogP contribution in [0.15, 0.2) is 65.4 Å². The number of halogens is 1. The number of likely N-dealkylation sites (N-methyl/N-ethyl adjacent to an activating group) is 1. The summed E-state index contributed by atoms with van der Waals surface area (Å²) in [5, 5.41) is 19.3. The van der Waals surface area contributed by atoms with E-state index in [0.717, 1.165) is 17.7 Å². The highest BCUT2D eigenvalue weighted by molar-refractivity contribution is 7.92. The number of rotatable bonds is 17. The lowest BCUT2D eigenvalue weighted by Crippen LogP contribution is -2.57. The Labute approximate surface area is 450 Å². The molecule has 0 aliphatic carbocycles. The lowest BCUT2D eigenvalue weighted by molar-refractivity contribution is -0.139. The standard InChI is InChI=1S/C53H65FN14O7S2/c1-31-32(2)63-64-47(31)62-48-37-25-43(77(73,74)53(4,5)6)42(26-38(37)58-30-59-48)75-24-23-65-19-21-66(22-20-65)44-28-56-39(27-57-44)51(71)67-17-14-34(15-18-67)45(61-49(70)33(3)55-7)52(72)68-16-8-9-41(68)50-60-40(29-76-50)46(69)35-10-12-36(54)13-11-35/h10-13,25-30,33-34,41,45,55H,8-9,14-24H2,1-7H3,(H,61,70)(H2,58,59,62,63,64). The number of ketones is 1. The fourth-order valence-electron chi connectivity index (χ4n) is 9.76. The number of fused-ring (bicyclic) bond motifs is 1. The SMILES string of the molecule is CNC(C)C(=O)NC(C(=O)N1CCCC1c1nc(C(=O)c2ccc(F)cc2)cs1)C1CCN(C(=O)c2cnc(N3CCN(CCOc4cc5ncnc(Nc6n[nH]c(C)c6C)c5cc4S(=O)(=O)C(C)(C)C)CC3)cn2)CC1. The van der Waals surface area contributed by atoms with Crippen LogP contribution in [0.3, 0.4) is 0 Å². The zero-order valence-corrected chi connectivity index (χ0v) is 45.9. The highest BCUT2D eigenvalue weighted by Crippen LogP contribution is 2.39. The average molecular weight is 1090 g/mol. The van der Waals surface area contributed by atoms with Gasteiger partial charge in [0.25, 0.3) is 5.91 Å². The van der Waals surface area contributed by atoms with E-state index in [9.17, 15) is 32.0 Å². The second-order valence-electron chi connectivity index (χ2n) is 20.8. The van der Waals surface area contributed by atoms with Crippen LogP contribution >= 0.6 is 11.3 Å². The number of thiazole rings is 1. The molecule has 9 rings (SSSR count). The van der Waals surface area contributed by atoms with E-state index in [0.29, 0.717) is 111 Å². The molecule has 4 N–H and O–H groups in total. The number of aromatic amines is 1. The molecule has 7 heterocycles. The number of anilines is 3. The Hall–Kier alpha value is -7.02. The Morgan fingerprint density at radius 1 is 0.909 bits per heavy atom. The molecule has 2 aromatic carbocycles. The van der Waals surface area contributed by atoms with E-state index < -0.39 is 32.5 Å². The van der Waals surface area contributed by atoms with Gasteiger partial charge in [0.05, 0.1) is 34.7 Å². The number of aryl methyl sites for hydroxylation is 1. The van der Waals surface area contributed by atoms with Crippen molar-refractivity contribution < 1.29 is 36.7 Å². The van der Waals surface area contributed by atoms with E-state index in [-0.39, 0.29) is 64.1 Å². The summed E-state index contributed by atoms with van der Waals surface area (Å²) in [6, 6.07) is 6.74. The lowest BCUT2D eigenvalue weighted by atomic mass is 9.88. The minimum atomic E-state index is -3.86. The molecular formula is C53H65FN14O7S2. The molecule has 408 valence electrons. The second kappa shape index (κ2) is 22.9. The first-order valence-electron chi connectivity index (χ1n) is 25.9. The summed E-state index contributed by atoms with van der Waals surface area (Å²) < 4.78 is 46.7. The number of nitrogens with one attached hydrogen (secondary N) is 4. The smallest absolute Gasteiger partial charge is 0.274 e. The molecule has 77 heavy (non-hydrogen) atoms. The van der Waals surface area contributed by atoms with Gasteiger partial charge in [-0.1, -0.05) is 0 Å². The molecule has 21 nitrogen and oxygen atoms in total. The summed E-state index contributed by atoms with van der Waals surface area (Å²) in [7, 11) is -2.19. The summed E-state index contributed by atoms with van der Waals surface area (Å²) in [6.07, 6.45) is 6.81. The number of carbonyl (C=O) groups excluding carboxylic acids is 4. The number of likely N-dealkylation sites (tertiary alicyclic amines) is 2. The first kappa shape index (κ1) is 54.8. The minimum absolute atomic E-state index is 0.0544. The predicted molar refractivity (Wildman–Crippen MR) is 289 cm³/mol. The molecule has 3 fully saturated rings. The van der Waals surface area contributed by atoms with Crippen molar-refractivity contribution in [3.63, 3.8) is 0 Å². The maximum atomic E-state index is 14.6. The topological polar surface area (TPSA) is 254 Å². The Bertz CT molecular complexity index is 3240. The number of hydrogen-bond acceptors (Lipinski definition) is 18. The molecule has 3 unspecified atom stereocenters. The number of nitrogens with zero attached hydrogens (tertiary/aromatic N) is 10. The van der Waals surface area contributed by atoms with Gasteiger partial charge in [-0.2, -0.15) is 5.10 Å². The van der Waals surface area contributed by atoms with Crippen molar-refractivity contribution in [3.8, 4) is 5.75 Å². The molecule has 3 amide bonds. The van der Waals surface area contributed by atoms with Gasteiger partial charge in [-0.15, -0.1) is 11.3 Å². The Morgan fingerprint density at radius 2 is 1.65 bits per heavy atom. The number of hydrogen-bond donors (Lipinski definition) is 4. The second-order valence-corrected chi connectivity index (χ2v) is 24.3. The van der Waals surface area contributed by atoms with Gasteiger partial charge in [0.2, 0.25) is 17.6 Å². The number of ether oxygens (including phenoxy) is 1. The third-order valence-corrected chi connectivity index (χ3v) is 18.3. The molecule has 6 aromatic rings. The number of piperidine rings is 1. The summed E-state index contributed by atoms with van der Waals surface area (Å²) >= 11 is 1.30. The molecular weight excluding hydrogens is 1030 g/mol. The maximum absolute atomic E-state index is 14.6. The van der Waals surface area contributed by atoms with Crippen LogP contribution in [0.25, 0.3) is 10.9 Å². The lowest BCUT2D eigenvalue weighted by Gasteiger charge is -2.38. The van der Waals surface area contributed by atoms with Crippen molar-refractivity contribution in [2.24, 2.45) is 5.92 Å².